The van der Waals surface area contributed by atoms with E-state index in [0.717, 1.165) is 13.0 Å². The van der Waals surface area contributed by atoms with Crippen molar-refractivity contribution in [3.8, 4) is 5.75 Å². The molecule has 128 valence electrons. The third kappa shape index (κ3) is 5.25. The van der Waals surface area contributed by atoms with Crippen molar-refractivity contribution in [2.45, 2.75) is 19.9 Å². The SMILES string of the molecule is CCc1ccc(CN(C)CC(=O)Nc2ccc(OC)c(Cl)c2)cc1. The number of halogens is 1. The number of carbonyl (C=O) groups excluding carboxylic acids is 1. The van der Waals surface area contributed by atoms with Crippen LogP contribution in [0.25, 0.3) is 0 Å². The number of benzene rings is 2. The van der Waals surface area contributed by atoms with Gasteiger partial charge in [0.25, 0.3) is 0 Å². The molecule has 2 rings (SSSR count). The van der Waals surface area contributed by atoms with Gasteiger partial charge in [-0.05, 0) is 42.8 Å². The van der Waals surface area contributed by atoms with Crippen LogP contribution in [0.2, 0.25) is 5.02 Å². The molecule has 0 unspecified atom stereocenters. The zero-order valence-corrected chi connectivity index (χ0v) is 15.1. The predicted molar refractivity (Wildman–Crippen MR) is 98.8 cm³/mol. The molecule has 4 nitrogen and oxygen atoms in total. The second-order valence-corrected chi connectivity index (χ2v) is 6.15. The maximum absolute atomic E-state index is 12.2. The Morgan fingerprint density at radius 1 is 1.17 bits per heavy atom. The van der Waals surface area contributed by atoms with E-state index in [0.29, 0.717) is 23.0 Å². The molecule has 0 aliphatic heterocycles. The molecule has 0 heterocycles. The summed E-state index contributed by atoms with van der Waals surface area (Å²) in [7, 11) is 3.48. The molecule has 0 atom stereocenters. The van der Waals surface area contributed by atoms with Crippen molar-refractivity contribution in [2.24, 2.45) is 0 Å². The van der Waals surface area contributed by atoms with E-state index >= 15 is 0 Å². The van der Waals surface area contributed by atoms with Gasteiger partial charge in [0.15, 0.2) is 0 Å². The Morgan fingerprint density at radius 2 is 1.83 bits per heavy atom. The van der Waals surface area contributed by atoms with Crippen LogP contribution in [0.4, 0.5) is 5.69 Å². The summed E-state index contributed by atoms with van der Waals surface area (Å²) in [5.41, 5.74) is 3.16. The number of anilines is 1. The summed E-state index contributed by atoms with van der Waals surface area (Å²) in [4.78, 5) is 14.1. The Hall–Kier alpha value is -2.04. The van der Waals surface area contributed by atoms with Gasteiger partial charge in [-0.3, -0.25) is 9.69 Å². The number of amides is 1. The van der Waals surface area contributed by atoms with E-state index in [1.807, 2.05) is 11.9 Å². The Balaban J connectivity index is 1.87. The van der Waals surface area contributed by atoms with Crippen molar-refractivity contribution in [3.63, 3.8) is 0 Å². The monoisotopic (exact) mass is 346 g/mol. The fraction of sp³-hybridized carbons (Fsp3) is 0.316. The van der Waals surface area contributed by atoms with Gasteiger partial charge < -0.3 is 10.1 Å². The van der Waals surface area contributed by atoms with Crippen molar-refractivity contribution in [1.29, 1.82) is 0 Å². The van der Waals surface area contributed by atoms with E-state index in [4.69, 9.17) is 16.3 Å². The number of rotatable bonds is 7. The van der Waals surface area contributed by atoms with Gasteiger partial charge in [-0.1, -0.05) is 42.8 Å². The van der Waals surface area contributed by atoms with Crippen molar-refractivity contribution in [2.75, 3.05) is 26.0 Å². The molecule has 0 spiro atoms. The lowest BCUT2D eigenvalue weighted by Crippen LogP contribution is -2.29. The van der Waals surface area contributed by atoms with Crippen LogP contribution in [0.15, 0.2) is 42.5 Å². The van der Waals surface area contributed by atoms with Crippen molar-refractivity contribution < 1.29 is 9.53 Å². The first kappa shape index (κ1) is 18.3. The largest absolute Gasteiger partial charge is 0.495 e. The van der Waals surface area contributed by atoms with Crippen LogP contribution in [0.1, 0.15) is 18.1 Å². The minimum Gasteiger partial charge on any atom is -0.495 e. The lowest BCUT2D eigenvalue weighted by atomic mass is 10.1. The van der Waals surface area contributed by atoms with Crippen LogP contribution < -0.4 is 10.1 Å². The van der Waals surface area contributed by atoms with Crippen molar-refractivity contribution in [1.82, 2.24) is 4.90 Å². The minimum atomic E-state index is -0.0797. The highest BCUT2D eigenvalue weighted by Crippen LogP contribution is 2.27. The average molecular weight is 347 g/mol. The number of likely N-dealkylation sites (N-methyl/N-ethyl adjacent to an activating group) is 1. The Bertz CT molecular complexity index is 686. The third-order valence-corrected chi connectivity index (χ3v) is 4.03. The van der Waals surface area contributed by atoms with Crippen LogP contribution in [-0.4, -0.2) is 31.5 Å². The molecule has 0 saturated carbocycles. The molecule has 2 aromatic rings. The molecule has 0 aliphatic rings. The van der Waals surface area contributed by atoms with Gasteiger partial charge in [-0.2, -0.15) is 0 Å². The topological polar surface area (TPSA) is 41.6 Å². The van der Waals surface area contributed by atoms with Gasteiger partial charge in [0, 0.05) is 12.2 Å². The summed E-state index contributed by atoms with van der Waals surface area (Å²) in [5.74, 6) is 0.506. The van der Waals surface area contributed by atoms with Crippen LogP contribution in [-0.2, 0) is 17.8 Å². The first-order valence-corrected chi connectivity index (χ1v) is 8.29. The van der Waals surface area contributed by atoms with Gasteiger partial charge >= 0.3 is 0 Å². The van der Waals surface area contributed by atoms with Gasteiger partial charge in [0.1, 0.15) is 5.75 Å². The molecule has 5 heteroatoms. The zero-order valence-electron chi connectivity index (χ0n) is 14.3. The summed E-state index contributed by atoms with van der Waals surface area (Å²) in [6.07, 6.45) is 1.03. The van der Waals surface area contributed by atoms with E-state index in [2.05, 4.69) is 36.5 Å². The van der Waals surface area contributed by atoms with Crippen LogP contribution in [0, 0.1) is 0 Å². The second-order valence-electron chi connectivity index (χ2n) is 5.74. The first-order chi connectivity index (χ1) is 11.5. The smallest absolute Gasteiger partial charge is 0.238 e. The normalized spacial score (nSPS) is 10.7. The van der Waals surface area contributed by atoms with E-state index < -0.39 is 0 Å². The zero-order chi connectivity index (χ0) is 17.5. The number of aryl methyl sites for hydroxylation is 1. The van der Waals surface area contributed by atoms with E-state index in [9.17, 15) is 4.79 Å². The molecule has 0 saturated heterocycles. The Labute approximate surface area is 148 Å². The van der Waals surface area contributed by atoms with Crippen LogP contribution in [0.3, 0.4) is 0 Å². The fourth-order valence-electron chi connectivity index (χ4n) is 2.44. The summed E-state index contributed by atoms with van der Waals surface area (Å²) < 4.78 is 5.10. The highest BCUT2D eigenvalue weighted by Gasteiger charge is 2.09. The molecular weight excluding hydrogens is 324 g/mol. The quantitative estimate of drug-likeness (QED) is 0.824. The van der Waals surface area contributed by atoms with Gasteiger partial charge in [0.05, 0.1) is 18.7 Å². The fourth-order valence-corrected chi connectivity index (χ4v) is 2.70. The molecule has 0 aliphatic carbocycles. The molecule has 24 heavy (non-hydrogen) atoms. The summed E-state index contributed by atoms with van der Waals surface area (Å²) >= 11 is 6.06. The number of hydrogen-bond donors (Lipinski definition) is 1. The highest BCUT2D eigenvalue weighted by molar-refractivity contribution is 6.32. The standard InChI is InChI=1S/C19H23ClN2O2/c1-4-14-5-7-15(8-6-14)12-22(2)13-19(23)21-16-9-10-18(24-3)17(20)11-16/h5-11H,4,12-13H2,1-3H3,(H,21,23). The van der Waals surface area contributed by atoms with Gasteiger partial charge in [-0.25, -0.2) is 0 Å². The van der Waals surface area contributed by atoms with Crippen molar-refractivity contribution in [3.05, 3.63) is 58.6 Å². The highest BCUT2D eigenvalue weighted by atomic mass is 35.5. The molecule has 1 amide bonds. The Kier molecular flexibility index (Phi) is 6.64. The summed E-state index contributed by atoms with van der Waals surface area (Å²) in [5, 5.41) is 3.32. The molecule has 0 bridgehead atoms. The number of nitrogens with one attached hydrogen (secondary N) is 1. The van der Waals surface area contributed by atoms with Gasteiger partial charge in [0.2, 0.25) is 5.91 Å². The van der Waals surface area contributed by atoms with E-state index in [-0.39, 0.29) is 5.91 Å². The van der Waals surface area contributed by atoms with Gasteiger partial charge in [-0.15, -0.1) is 0 Å². The maximum Gasteiger partial charge on any atom is 0.238 e. The molecule has 0 radical (unpaired) electrons. The third-order valence-electron chi connectivity index (χ3n) is 3.73. The van der Waals surface area contributed by atoms with Crippen molar-refractivity contribution >= 4 is 23.2 Å². The molecule has 2 aromatic carbocycles. The van der Waals surface area contributed by atoms with E-state index in [1.54, 1.807) is 25.3 Å². The number of hydrogen-bond acceptors (Lipinski definition) is 3. The molecule has 0 aromatic heterocycles. The van der Waals surface area contributed by atoms with E-state index in [1.165, 1.54) is 11.1 Å². The molecular formula is C19H23ClN2O2. The lowest BCUT2D eigenvalue weighted by molar-refractivity contribution is -0.117. The minimum absolute atomic E-state index is 0.0797. The van der Waals surface area contributed by atoms with Crippen LogP contribution in [0.5, 0.6) is 5.75 Å². The predicted octanol–water partition coefficient (Wildman–Crippen LogP) is 3.98. The van der Waals surface area contributed by atoms with Crippen LogP contribution >= 0.6 is 11.6 Å². The molecule has 0 fully saturated rings. The average Bonchev–Trinajstić information content (AvgIpc) is 2.55. The number of ether oxygens (including phenoxy) is 1. The summed E-state index contributed by atoms with van der Waals surface area (Å²) in [6, 6.07) is 13.7. The second kappa shape index (κ2) is 8.71. The number of methoxy groups -OCH3 is 1. The first-order valence-electron chi connectivity index (χ1n) is 7.91. The summed E-state index contributed by atoms with van der Waals surface area (Å²) in [6.45, 7) is 3.16. The molecule has 1 N–H and O–H groups in total. The lowest BCUT2D eigenvalue weighted by Gasteiger charge is -2.17. The Morgan fingerprint density at radius 3 is 2.42 bits per heavy atom. The number of carbonyl (C=O) groups is 1. The maximum atomic E-state index is 12.2. The number of nitrogens with zero attached hydrogens (tertiary/aromatic N) is 1.